The average molecular weight is 344 g/mol. The second-order valence-electron chi connectivity index (χ2n) is 5.32. The molecular weight excluding hydrogens is 329 g/mol. The highest BCUT2D eigenvalue weighted by atomic mass is 32.1. The van der Waals surface area contributed by atoms with E-state index in [9.17, 15) is 13.2 Å². The van der Waals surface area contributed by atoms with Gasteiger partial charge in [0.25, 0.3) is 0 Å². The monoisotopic (exact) mass is 344 g/mol. The number of piperidine rings is 1. The summed E-state index contributed by atoms with van der Waals surface area (Å²) in [6.07, 6.45) is 2.13. The highest BCUT2D eigenvalue weighted by Gasteiger charge is 2.34. The average Bonchev–Trinajstić information content (AvgIpc) is 3.05. The van der Waals surface area contributed by atoms with Crippen molar-refractivity contribution in [2.45, 2.75) is 19.0 Å². The second kappa shape index (κ2) is 6.69. The minimum atomic E-state index is -4.39. The van der Waals surface area contributed by atoms with Crippen LogP contribution in [0.4, 0.5) is 18.3 Å². The minimum absolute atomic E-state index is 0.226. The number of halogens is 3. The van der Waals surface area contributed by atoms with Crippen LogP contribution in [0.25, 0.3) is 0 Å². The Balaban J connectivity index is 1.59. The molecule has 0 spiro atoms. The number of anilines is 1. The molecule has 1 fully saturated rings. The van der Waals surface area contributed by atoms with Crippen LogP contribution >= 0.6 is 11.3 Å². The summed E-state index contributed by atoms with van der Waals surface area (Å²) in [4.78, 5) is 13.6. The minimum Gasteiger partial charge on any atom is -0.476 e. The van der Waals surface area contributed by atoms with Crippen molar-refractivity contribution in [3.63, 3.8) is 0 Å². The van der Waals surface area contributed by atoms with E-state index in [-0.39, 0.29) is 5.92 Å². The van der Waals surface area contributed by atoms with E-state index >= 15 is 0 Å². The molecule has 3 heterocycles. The summed E-state index contributed by atoms with van der Waals surface area (Å²) in [7, 11) is 0. The second-order valence-corrected chi connectivity index (χ2v) is 6.16. The zero-order chi connectivity index (χ0) is 16.3. The maximum Gasteiger partial charge on any atom is 0.434 e. The Morgan fingerprint density at radius 1 is 1.35 bits per heavy atom. The van der Waals surface area contributed by atoms with E-state index in [0.29, 0.717) is 30.7 Å². The third-order valence-corrected chi connectivity index (χ3v) is 4.48. The van der Waals surface area contributed by atoms with Gasteiger partial charge in [-0.1, -0.05) is 0 Å². The molecule has 1 aliphatic heterocycles. The normalized spacial score (nSPS) is 18.9. The molecule has 3 rings (SSSR count). The van der Waals surface area contributed by atoms with Crippen LogP contribution in [-0.4, -0.2) is 34.6 Å². The van der Waals surface area contributed by atoms with Gasteiger partial charge in [-0.05, 0) is 12.8 Å². The van der Waals surface area contributed by atoms with Crippen LogP contribution in [0.2, 0.25) is 0 Å². The number of hydrogen-bond acceptors (Lipinski definition) is 6. The first kappa shape index (κ1) is 16.0. The van der Waals surface area contributed by atoms with Gasteiger partial charge in [0, 0.05) is 36.8 Å². The molecule has 1 unspecified atom stereocenters. The van der Waals surface area contributed by atoms with Crippen LogP contribution in [-0.2, 0) is 6.18 Å². The van der Waals surface area contributed by atoms with Gasteiger partial charge in [-0.25, -0.2) is 9.97 Å². The highest BCUT2D eigenvalue weighted by Crippen LogP contribution is 2.34. The predicted octanol–water partition coefficient (Wildman–Crippen LogP) is 3.25. The van der Waals surface area contributed by atoms with E-state index in [4.69, 9.17) is 4.74 Å². The molecule has 5 nitrogen and oxygen atoms in total. The molecule has 0 amide bonds. The number of aromatic nitrogens is 3. The quantitative estimate of drug-likeness (QED) is 0.852. The third kappa shape index (κ3) is 4.10. The summed E-state index contributed by atoms with van der Waals surface area (Å²) >= 11 is 1.03. The summed E-state index contributed by atoms with van der Waals surface area (Å²) in [5.74, 6) is 0.683. The van der Waals surface area contributed by atoms with E-state index in [1.165, 1.54) is 6.20 Å². The van der Waals surface area contributed by atoms with Gasteiger partial charge in [0.1, 0.15) is 0 Å². The Labute approximate surface area is 135 Å². The highest BCUT2D eigenvalue weighted by molar-refractivity contribution is 7.13. The van der Waals surface area contributed by atoms with Crippen molar-refractivity contribution in [2.75, 3.05) is 24.6 Å². The third-order valence-electron chi connectivity index (χ3n) is 3.58. The van der Waals surface area contributed by atoms with Gasteiger partial charge >= 0.3 is 6.18 Å². The first-order valence-corrected chi connectivity index (χ1v) is 8.07. The maximum absolute atomic E-state index is 12.6. The zero-order valence-electron chi connectivity index (χ0n) is 12.2. The maximum atomic E-state index is 12.6. The van der Waals surface area contributed by atoms with Crippen molar-refractivity contribution >= 4 is 16.5 Å². The molecule has 0 N–H and O–H groups in total. The number of rotatable bonds is 4. The lowest BCUT2D eigenvalue weighted by Gasteiger charge is -2.32. The van der Waals surface area contributed by atoms with E-state index in [0.717, 1.165) is 29.6 Å². The molecule has 1 saturated heterocycles. The molecule has 124 valence electrons. The van der Waals surface area contributed by atoms with E-state index in [2.05, 4.69) is 15.0 Å². The standard InChI is InChI=1S/C14H15F3N4OS/c15-14(16,17)11-9-23-13(20-11)21-5-1-2-10(7-21)8-22-12-6-18-3-4-19-12/h3-4,6,9-10H,1-2,5,7-8H2. The van der Waals surface area contributed by atoms with E-state index in [1.54, 1.807) is 12.4 Å². The lowest BCUT2D eigenvalue weighted by Crippen LogP contribution is -2.37. The molecule has 0 bridgehead atoms. The van der Waals surface area contributed by atoms with Gasteiger partial charge in [0.05, 0.1) is 12.8 Å². The topological polar surface area (TPSA) is 51.1 Å². The molecule has 9 heteroatoms. The number of thiazole rings is 1. The van der Waals surface area contributed by atoms with Crippen molar-refractivity contribution < 1.29 is 17.9 Å². The van der Waals surface area contributed by atoms with Crippen LogP contribution < -0.4 is 9.64 Å². The lowest BCUT2D eigenvalue weighted by atomic mass is 9.99. The zero-order valence-corrected chi connectivity index (χ0v) is 13.0. The summed E-state index contributed by atoms with van der Waals surface area (Å²) in [6.45, 7) is 1.81. The molecule has 1 atom stereocenters. The molecule has 23 heavy (non-hydrogen) atoms. The Morgan fingerprint density at radius 2 is 2.22 bits per heavy atom. The molecule has 1 aliphatic rings. The molecule has 0 radical (unpaired) electrons. The van der Waals surface area contributed by atoms with Gasteiger partial charge in [-0.3, -0.25) is 4.98 Å². The van der Waals surface area contributed by atoms with Crippen molar-refractivity contribution in [1.29, 1.82) is 0 Å². The van der Waals surface area contributed by atoms with Gasteiger partial charge in [-0.15, -0.1) is 11.3 Å². The summed E-state index contributed by atoms with van der Waals surface area (Å²) in [5.41, 5.74) is -0.824. The van der Waals surface area contributed by atoms with Crippen molar-refractivity contribution in [2.24, 2.45) is 5.92 Å². The van der Waals surface area contributed by atoms with Crippen molar-refractivity contribution in [1.82, 2.24) is 15.0 Å². The summed E-state index contributed by atoms with van der Waals surface area (Å²) < 4.78 is 43.5. The number of nitrogens with zero attached hydrogens (tertiary/aromatic N) is 4. The van der Waals surface area contributed by atoms with Crippen molar-refractivity contribution in [3.05, 3.63) is 29.7 Å². The largest absolute Gasteiger partial charge is 0.476 e. The fraction of sp³-hybridized carbons (Fsp3) is 0.500. The van der Waals surface area contributed by atoms with Crippen LogP contribution in [0.3, 0.4) is 0 Å². The fourth-order valence-corrected chi connectivity index (χ4v) is 3.35. The predicted molar refractivity (Wildman–Crippen MR) is 79.6 cm³/mol. The van der Waals surface area contributed by atoms with Crippen molar-refractivity contribution in [3.8, 4) is 5.88 Å². The molecule has 2 aromatic rings. The van der Waals surface area contributed by atoms with Gasteiger partial charge in [-0.2, -0.15) is 13.2 Å². The van der Waals surface area contributed by atoms with Crippen LogP contribution in [0.15, 0.2) is 24.0 Å². The SMILES string of the molecule is FC(F)(F)c1csc(N2CCCC(COc3cnccn3)C2)n1. The molecule has 0 aliphatic carbocycles. The Kier molecular flexibility index (Phi) is 4.65. The summed E-state index contributed by atoms with van der Waals surface area (Å²) in [6, 6.07) is 0. The number of hydrogen-bond donors (Lipinski definition) is 0. The smallest absolute Gasteiger partial charge is 0.434 e. The first-order chi connectivity index (χ1) is 11.0. The van der Waals surface area contributed by atoms with E-state index < -0.39 is 11.9 Å². The molecule has 2 aromatic heterocycles. The van der Waals surface area contributed by atoms with Crippen LogP contribution in [0, 0.1) is 5.92 Å². The van der Waals surface area contributed by atoms with Gasteiger partial charge < -0.3 is 9.64 Å². The lowest BCUT2D eigenvalue weighted by molar-refractivity contribution is -0.140. The van der Waals surface area contributed by atoms with Gasteiger partial charge in [0.2, 0.25) is 5.88 Å². The number of ether oxygens (including phenoxy) is 1. The first-order valence-electron chi connectivity index (χ1n) is 7.19. The van der Waals surface area contributed by atoms with Crippen LogP contribution in [0.5, 0.6) is 5.88 Å². The van der Waals surface area contributed by atoms with Gasteiger partial charge in [0.15, 0.2) is 10.8 Å². The Hall–Kier alpha value is -1.90. The summed E-state index contributed by atoms with van der Waals surface area (Å²) in [5, 5.41) is 1.48. The Morgan fingerprint density at radius 3 is 2.91 bits per heavy atom. The molecular formula is C14H15F3N4OS. The van der Waals surface area contributed by atoms with E-state index in [1.807, 2.05) is 4.90 Å². The fourth-order valence-electron chi connectivity index (χ4n) is 2.48. The Bertz CT molecular complexity index is 634. The molecule has 0 saturated carbocycles. The molecule has 0 aromatic carbocycles. The number of alkyl halides is 3. The van der Waals surface area contributed by atoms with Crippen LogP contribution in [0.1, 0.15) is 18.5 Å².